The molecule has 0 unspecified atom stereocenters. The molecular formula is C16H15NO2. The zero-order chi connectivity index (χ0) is 13.2. The maximum absolute atomic E-state index is 11.2. The monoisotopic (exact) mass is 253 g/mol. The third-order valence-electron chi connectivity index (χ3n) is 3.53. The Morgan fingerprint density at radius 2 is 1.84 bits per heavy atom. The molecule has 2 N–H and O–H groups in total. The molecule has 96 valence electrons. The van der Waals surface area contributed by atoms with E-state index in [1.165, 1.54) is 17.5 Å². The fraction of sp³-hybridized carbons (Fsp3) is 0.188. The third-order valence-corrected chi connectivity index (χ3v) is 3.53. The van der Waals surface area contributed by atoms with Gasteiger partial charge in [0, 0.05) is 5.69 Å². The summed E-state index contributed by atoms with van der Waals surface area (Å²) in [5.41, 5.74) is 4.67. The Balaban J connectivity index is 1.91. The molecule has 0 bridgehead atoms. The molecule has 0 radical (unpaired) electrons. The molecule has 1 aliphatic carbocycles. The van der Waals surface area contributed by atoms with Crippen molar-refractivity contribution < 1.29 is 9.90 Å². The van der Waals surface area contributed by atoms with E-state index in [1.54, 1.807) is 18.2 Å². The number of aryl methyl sites for hydroxylation is 2. The second-order valence-corrected chi connectivity index (χ2v) is 4.81. The Bertz CT molecular complexity index is 634. The molecule has 2 aromatic rings. The standard InChI is InChI=1S/C16H15NO2/c18-16(19)14-6-1-2-7-15(14)17-13-9-8-11-4-3-5-12(11)10-13/h1-2,6-10,17H,3-5H2,(H,18,19). The summed E-state index contributed by atoms with van der Waals surface area (Å²) in [6.45, 7) is 0. The molecule has 19 heavy (non-hydrogen) atoms. The molecule has 0 amide bonds. The van der Waals surface area contributed by atoms with Crippen LogP contribution in [-0.4, -0.2) is 11.1 Å². The van der Waals surface area contributed by atoms with E-state index in [1.807, 2.05) is 12.1 Å². The van der Waals surface area contributed by atoms with E-state index in [0.29, 0.717) is 11.3 Å². The zero-order valence-corrected chi connectivity index (χ0v) is 10.5. The lowest BCUT2D eigenvalue weighted by molar-refractivity contribution is 0.0698. The molecule has 0 saturated carbocycles. The van der Waals surface area contributed by atoms with Crippen molar-refractivity contribution in [3.05, 3.63) is 59.2 Å². The average molecular weight is 253 g/mol. The number of nitrogens with one attached hydrogen (secondary N) is 1. The minimum atomic E-state index is -0.913. The van der Waals surface area contributed by atoms with Crippen LogP contribution in [0.25, 0.3) is 0 Å². The summed E-state index contributed by atoms with van der Waals surface area (Å²) in [5.74, 6) is -0.913. The van der Waals surface area contributed by atoms with Gasteiger partial charge in [-0.25, -0.2) is 4.79 Å². The predicted octanol–water partition coefficient (Wildman–Crippen LogP) is 3.62. The highest BCUT2D eigenvalue weighted by Crippen LogP contribution is 2.27. The fourth-order valence-electron chi connectivity index (χ4n) is 2.58. The van der Waals surface area contributed by atoms with E-state index in [4.69, 9.17) is 5.11 Å². The minimum Gasteiger partial charge on any atom is -0.478 e. The zero-order valence-electron chi connectivity index (χ0n) is 10.5. The highest BCUT2D eigenvalue weighted by atomic mass is 16.4. The number of carbonyl (C=O) groups is 1. The minimum absolute atomic E-state index is 0.294. The number of rotatable bonds is 3. The van der Waals surface area contributed by atoms with Gasteiger partial charge in [0.05, 0.1) is 11.3 Å². The van der Waals surface area contributed by atoms with Crippen molar-refractivity contribution in [2.45, 2.75) is 19.3 Å². The van der Waals surface area contributed by atoms with Gasteiger partial charge in [0.15, 0.2) is 0 Å². The number of carboxylic acid groups (broad SMARTS) is 1. The lowest BCUT2D eigenvalue weighted by Gasteiger charge is -2.10. The van der Waals surface area contributed by atoms with Crippen LogP contribution in [0, 0.1) is 0 Å². The van der Waals surface area contributed by atoms with Gasteiger partial charge in [-0.3, -0.25) is 0 Å². The van der Waals surface area contributed by atoms with Crippen molar-refractivity contribution in [1.82, 2.24) is 0 Å². The highest BCUT2D eigenvalue weighted by molar-refractivity contribution is 5.95. The molecule has 0 saturated heterocycles. The van der Waals surface area contributed by atoms with Crippen LogP contribution >= 0.6 is 0 Å². The number of hydrogen-bond acceptors (Lipinski definition) is 2. The quantitative estimate of drug-likeness (QED) is 0.878. The number of para-hydroxylation sites is 1. The lowest BCUT2D eigenvalue weighted by atomic mass is 10.1. The van der Waals surface area contributed by atoms with E-state index in [9.17, 15) is 4.79 Å². The van der Waals surface area contributed by atoms with Gasteiger partial charge in [0.2, 0.25) is 0 Å². The molecule has 3 rings (SSSR count). The van der Waals surface area contributed by atoms with Crippen LogP contribution in [0.4, 0.5) is 11.4 Å². The number of benzene rings is 2. The van der Waals surface area contributed by atoms with Crippen molar-refractivity contribution >= 4 is 17.3 Å². The molecule has 0 atom stereocenters. The molecule has 0 heterocycles. The SMILES string of the molecule is O=C(O)c1ccccc1Nc1ccc2c(c1)CCC2. The van der Waals surface area contributed by atoms with Crippen LogP contribution in [0.5, 0.6) is 0 Å². The van der Waals surface area contributed by atoms with Gasteiger partial charge in [-0.05, 0) is 54.7 Å². The topological polar surface area (TPSA) is 49.3 Å². The van der Waals surface area contributed by atoms with Crippen molar-refractivity contribution in [3.8, 4) is 0 Å². The van der Waals surface area contributed by atoms with Gasteiger partial charge in [-0.2, -0.15) is 0 Å². The Labute approximate surface area is 111 Å². The third kappa shape index (κ3) is 2.32. The van der Waals surface area contributed by atoms with E-state index in [0.717, 1.165) is 18.5 Å². The van der Waals surface area contributed by atoms with Crippen LogP contribution < -0.4 is 5.32 Å². The summed E-state index contributed by atoms with van der Waals surface area (Å²) in [4.78, 5) is 11.2. The Hall–Kier alpha value is -2.29. The molecule has 1 aliphatic rings. The number of aromatic carboxylic acids is 1. The van der Waals surface area contributed by atoms with Crippen molar-refractivity contribution in [1.29, 1.82) is 0 Å². The summed E-state index contributed by atoms with van der Waals surface area (Å²) < 4.78 is 0. The van der Waals surface area contributed by atoms with Crippen LogP contribution in [0.1, 0.15) is 27.9 Å². The van der Waals surface area contributed by atoms with E-state index >= 15 is 0 Å². The van der Waals surface area contributed by atoms with Gasteiger partial charge in [-0.1, -0.05) is 18.2 Å². The van der Waals surface area contributed by atoms with Crippen molar-refractivity contribution in [2.75, 3.05) is 5.32 Å². The number of carboxylic acids is 1. The Kier molecular flexibility index (Phi) is 2.95. The maximum atomic E-state index is 11.2. The van der Waals surface area contributed by atoms with Crippen molar-refractivity contribution in [2.24, 2.45) is 0 Å². The first-order valence-corrected chi connectivity index (χ1v) is 6.45. The number of anilines is 2. The smallest absolute Gasteiger partial charge is 0.337 e. The van der Waals surface area contributed by atoms with Gasteiger partial charge in [-0.15, -0.1) is 0 Å². The lowest BCUT2D eigenvalue weighted by Crippen LogP contribution is -2.02. The largest absolute Gasteiger partial charge is 0.478 e. The second kappa shape index (κ2) is 4.76. The first kappa shape index (κ1) is 11.8. The summed E-state index contributed by atoms with van der Waals surface area (Å²) in [7, 11) is 0. The summed E-state index contributed by atoms with van der Waals surface area (Å²) in [6, 6.07) is 13.2. The van der Waals surface area contributed by atoms with Gasteiger partial charge in [0.1, 0.15) is 0 Å². The van der Waals surface area contributed by atoms with Crippen LogP contribution in [0.2, 0.25) is 0 Å². The second-order valence-electron chi connectivity index (χ2n) is 4.81. The van der Waals surface area contributed by atoms with Crippen LogP contribution in [-0.2, 0) is 12.8 Å². The fourth-order valence-corrected chi connectivity index (χ4v) is 2.58. The molecule has 0 aromatic heterocycles. The van der Waals surface area contributed by atoms with E-state index < -0.39 is 5.97 Å². The highest BCUT2D eigenvalue weighted by Gasteiger charge is 2.12. The predicted molar refractivity (Wildman–Crippen MR) is 75.2 cm³/mol. The molecule has 0 aliphatic heterocycles. The summed E-state index contributed by atoms with van der Waals surface area (Å²) in [5, 5.41) is 12.4. The molecule has 0 spiro atoms. The molecule has 3 nitrogen and oxygen atoms in total. The number of hydrogen-bond donors (Lipinski definition) is 2. The first-order chi connectivity index (χ1) is 9.24. The van der Waals surface area contributed by atoms with Crippen LogP contribution in [0.3, 0.4) is 0 Å². The summed E-state index contributed by atoms with van der Waals surface area (Å²) >= 11 is 0. The Morgan fingerprint density at radius 3 is 2.68 bits per heavy atom. The number of fused-ring (bicyclic) bond motifs is 1. The normalized spacial score (nSPS) is 13.1. The molecule has 0 fully saturated rings. The van der Waals surface area contributed by atoms with E-state index in [2.05, 4.69) is 17.4 Å². The van der Waals surface area contributed by atoms with Crippen LogP contribution in [0.15, 0.2) is 42.5 Å². The maximum Gasteiger partial charge on any atom is 0.337 e. The Morgan fingerprint density at radius 1 is 1.05 bits per heavy atom. The summed E-state index contributed by atoms with van der Waals surface area (Å²) in [6.07, 6.45) is 3.48. The average Bonchev–Trinajstić information content (AvgIpc) is 2.86. The van der Waals surface area contributed by atoms with Gasteiger partial charge in [0.25, 0.3) is 0 Å². The molecular weight excluding hydrogens is 238 g/mol. The van der Waals surface area contributed by atoms with Gasteiger partial charge >= 0.3 is 5.97 Å². The first-order valence-electron chi connectivity index (χ1n) is 6.45. The molecule has 2 aromatic carbocycles. The van der Waals surface area contributed by atoms with Gasteiger partial charge < -0.3 is 10.4 Å². The molecule has 3 heteroatoms. The van der Waals surface area contributed by atoms with Crippen molar-refractivity contribution in [3.63, 3.8) is 0 Å². The van der Waals surface area contributed by atoms with E-state index in [-0.39, 0.29) is 0 Å².